The lowest BCUT2D eigenvalue weighted by molar-refractivity contribution is -0.127. The Bertz CT molecular complexity index is 1050. The number of nitrogens with one attached hydrogen (secondary N) is 2. The summed E-state index contributed by atoms with van der Waals surface area (Å²) in [4.78, 5) is 35.5. The molecule has 3 aromatic rings. The fourth-order valence-corrected chi connectivity index (χ4v) is 4.39. The van der Waals surface area contributed by atoms with Gasteiger partial charge in [-0.1, -0.05) is 44.5 Å². The highest BCUT2D eigenvalue weighted by Gasteiger charge is 2.37. The van der Waals surface area contributed by atoms with Gasteiger partial charge < -0.3 is 15.2 Å². The Kier molecular flexibility index (Phi) is 5.90. The van der Waals surface area contributed by atoms with Crippen LogP contribution in [0, 0.1) is 11.8 Å². The van der Waals surface area contributed by atoms with Crippen molar-refractivity contribution in [3.05, 3.63) is 58.8 Å². The molecular formula is C23H25BrN4O2. The second-order valence-corrected chi connectivity index (χ2v) is 8.72. The van der Waals surface area contributed by atoms with Crippen LogP contribution in [0.1, 0.15) is 38.6 Å². The first kappa shape index (κ1) is 20.6. The largest absolute Gasteiger partial charge is 0.346 e. The van der Waals surface area contributed by atoms with Crippen molar-refractivity contribution in [2.75, 3.05) is 11.4 Å². The molecule has 6 nitrogen and oxygen atoms in total. The lowest BCUT2D eigenvalue weighted by Crippen LogP contribution is -2.38. The van der Waals surface area contributed by atoms with E-state index in [1.165, 1.54) is 0 Å². The molecule has 2 amide bonds. The van der Waals surface area contributed by atoms with E-state index in [2.05, 4.69) is 40.1 Å². The number of hydrogen-bond donors (Lipinski definition) is 2. The molecule has 2 N–H and O–H groups in total. The van der Waals surface area contributed by atoms with E-state index in [9.17, 15) is 9.59 Å². The Labute approximate surface area is 184 Å². The maximum atomic E-state index is 13.1. The van der Waals surface area contributed by atoms with Gasteiger partial charge in [0.05, 0.1) is 28.7 Å². The molecule has 0 bridgehead atoms. The number of carbonyl (C=O) groups excluding carboxylic acids is 2. The first-order valence-electron chi connectivity index (χ1n) is 10.3. The molecular weight excluding hydrogens is 444 g/mol. The van der Waals surface area contributed by atoms with E-state index in [1.807, 2.05) is 48.5 Å². The highest BCUT2D eigenvalue weighted by atomic mass is 79.9. The first-order valence-corrected chi connectivity index (χ1v) is 11.1. The summed E-state index contributed by atoms with van der Waals surface area (Å²) in [5.41, 5.74) is 2.63. The fourth-order valence-electron chi connectivity index (χ4n) is 3.89. The third-order valence-electron chi connectivity index (χ3n) is 5.85. The number of para-hydroxylation sites is 3. The molecule has 1 aliphatic rings. The number of halogens is 1. The van der Waals surface area contributed by atoms with Gasteiger partial charge in [0.1, 0.15) is 5.82 Å². The number of benzene rings is 2. The predicted molar refractivity (Wildman–Crippen MR) is 121 cm³/mol. The number of amides is 2. The summed E-state index contributed by atoms with van der Waals surface area (Å²) in [6.45, 7) is 4.58. The summed E-state index contributed by atoms with van der Waals surface area (Å²) in [6.07, 6.45) is 1.11. The van der Waals surface area contributed by atoms with E-state index < -0.39 is 0 Å². The van der Waals surface area contributed by atoms with Crippen molar-refractivity contribution in [2.45, 2.75) is 32.7 Å². The normalized spacial score (nSPS) is 18.6. The maximum absolute atomic E-state index is 13.1. The highest BCUT2D eigenvalue weighted by molar-refractivity contribution is 9.10. The smallest absolute Gasteiger partial charge is 0.227 e. The van der Waals surface area contributed by atoms with Crippen molar-refractivity contribution in [3.63, 3.8) is 0 Å². The highest BCUT2D eigenvalue weighted by Crippen LogP contribution is 2.32. The molecule has 2 heterocycles. The Morgan fingerprint density at radius 2 is 2.00 bits per heavy atom. The molecule has 156 valence electrons. The van der Waals surface area contributed by atoms with Gasteiger partial charge in [-0.25, -0.2) is 4.98 Å². The number of nitrogens with zero attached hydrogens (tertiary/aromatic N) is 2. The first-order chi connectivity index (χ1) is 14.5. The van der Waals surface area contributed by atoms with Crippen LogP contribution in [0.25, 0.3) is 11.0 Å². The molecule has 30 heavy (non-hydrogen) atoms. The number of hydrogen-bond acceptors (Lipinski definition) is 3. The van der Waals surface area contributed by atoms with E-state index in [1.54, 1.807) is 4.90 Å². The van der Waals surface area contributed by atoms with Crippen molar-refractivity contribution >= 4 is 44.5 Å². The van der Waals surface area contributed by atoms with Crippen LogP contribution in [0.4, 0.5) is 5.69 Å². The topological polar surface area (TPSA) is 78.1 Å². The van der Waals surface area contributed by atoms with Gasteiger partial charge in [-0.05, 0) is 46.1 Å². The van der Waals surface area contributed by atoms with Crippen molar-refractivity contribution in [1.82, 2.24) is 15.3 Å². The van der Waals surface area contributed by atoms with Crippen LogP contribution in [-0.2, 0) is 9.59 Å². The number of carbonyl (C=O) groups is 2. The summed E-state index contributed by atoms with van der Waals surface area (Å²) in [5, 5.41) is 3.17. The minimum atomic E-state index is -0.388. The molecule has 3 atom stereocenters. The molecule has 1 fully saturated rings. The summed E-state index contributed by atoms with van der Waals surface area (Å²) in [6, 6.07) is 15.2. The second-order valence-electron chi connectivity index (χ2n) is 7.87. The van der Waals surface area contributed by atoms with E-state index >= 15 is 0 Å². The lowest BCUT2D eigenvalue weighted by atomic mass is 9.97. The van der Waals surface area contributed by atoms with Crippen LogP contribution in [-0.4, -0.2) is 28.3 Å². The van der Waals surface area contributed by atoms with E-state index in [-0.39, 0.29) is 36.1 Å². The Morgan fingerprint density at radius 1 is 1.27 bits per heavy atom. The van der Waals surface area contributed by atoms with Crippen LogP contribution in [0.15, 0.2) is 53.0 Å². The molecule has 7 heteroatoms. The Hall–Kier alpha value is -2.67. The number of aromatic amines is 1. The van der Waals surface area contributed by atoms with E-state index in [4.69, 9.17) is 4.98 Å². The summed E-state index contributed by atoms with van der Waals surface area (Å²) < 4.78 is 0.846. The molecule has 0 saturated carbocycles. The number of rotatable bonds is 6. The monoisotopic (exact) mass is 468 g/mol. The summed E-state index contributed by atoms with van der Waals surface area (Å²) in [7, 11) is 0. The Balaban J connectivity index is 1.53. The summed E-state index contributed by atoms with van der Waals surface area (Å²) >= 11 is 3.50. The van der Waals surface area contributed by atoms with Gasteiger partial charge in [0, 0.05) is 17.4 Å². The zero-order valence-corrected chi connectivity index (χ0v) is 18.6. The van der Waals surface area contributed by atoms with Gasteiger partial charge in [0.2, 0.25) is 11.8 Å². The molecule has 0 aliphatic carbocycles. The van der Waals surface area contributed by atoms with Crippen molar-refractivity contribution in [2.24, 2.45) is 11.8 Å². The number of fused-ring (bicyclic) bond motifs is 1. The van der Waals surface area contributed by atoms with Crippen LogP contribution < -0.4 is 10.2 Å². The van der Waals surface area contributed by atoms with Gasteiger partial charge in [-0.3, -0.25) is 9.59 Å². The van der Waals surface area contributed by atoms with Crippen molar-refractivity contribution in [1.29, 1.82) is 0 Å². The van der Waals surface area contributed by atoms with Crippen molar-refractivity contribution < 1.29 is 9.59 Å². The molecule has 3 unspecified atom stereocenters. The van der Waals surface area contributed by atoms with Gasteiger partial charge in [-0.2, -0.15) is 0 Å². The van der Waals surface area contributed by atoms with Crippen LogP contribution in [0.5, 0.6) is 0 Å². The molecule has 1 aliphatic heterocycles. The van der Waals surface area contributed by atoms with Gasteiger partial charge in [-0.15, -0.1) is 0 Å². The van der Waals surface area contributed by atoms with E-state index in [0.717, 1.165) is 33.4 Å². The third-order valence-corrected chi connectivity index (χ3v) is 6.52. The van der Waals surface area contributed by atoms with Crippen LogP contribution in [0.3, 0.4) is 0 Å². The number of aromatic nitrogens is 2. The minimum Gasteiger partial charge on any atom is -0.346 e. The standard InChI is InChI=1S/C23H25BrN4O2/c1-3-14(2)21(22-25-17-9-5-6-10-18(17)26-22)27-23(30)15-12-20(29)28(13-15)19-11-7-4-8-16(19)24/h4-11,14-15,21H,3,12-13H2,1-2H3,(H,25,26)(H,27,30). The van der Waals surface area contributed by atoms with Gasteiger partial charge in [0.15, 0.2) is 0 Å². The van der Waals surface area contributed by atoms with Crippen molar-refractivity contribution in [3.8, 4) is 0 Å². The molecule has 0 spiro atoms. The van der Waals surface area contributed by atoms with Crippen LogP contribution >= 0.6 is 15.9 Å². The molecule has 0 radical (unpaired) electrons. The molecule has 1 aromatic heterocycles. The van der Waals surface area contributed by atoms with Crippen LogP contribution in [0.2, 0.25) is 0 Å². The minimum absolute atomic E-state index is 0.0362. The number of anilines is 1. The quantitative estimate of drug-likeness (QED) is 0.555. The zero-order chi connectivity index (χ0) is 21.3. The SMILES string of the molecule is CCC(C)C(NC(=O)C1CC(=O)N(c2ccccc2Br)C1)c1nc2ccccc2[nH]1. The Morgan fingerprint density at radius 3 is 2.73 bits per heavy atom. The average molecular weight is 469 g/mol. The predicted octanol–water partition coefficient (Wildman–Crippen LogP) is 4.58. The molecule has 2 aromatic carbocycles. The van der Waals surface area contributed by atoms with E-state index in [0.29, 0.717) is 6.54 Å². The fraction of sp³-hybridized carbons (Fsp3) is 0.348. The summed E-state index contributed by atoms with van der Waals surface area (Å²) in [5.74, 6) is 0.423. The second kappa shape index (κ2) is 8.60. The zero-order valence-electron chi connectivity index (χ0n) is 17.1. The number of imidazole rings is 1. The average Bonchev–Trinajstić information content (AvgIpc) is 3.35. The van der Waals surface area contributed by atoms with Gasteiger partial charge >= 0.3 is 0 Å². The molecule has 4 rings (SSSR count). The number of H-pyrrole nitrogens is 1. The lowest BCUT2D eigenvalue weighted by Gasteiger charge is -2.24. The third kappa shape index (κ3) is 3.99. The maximum Gasteiger partial charge on any atom is 0.227 e. The van der Waals surface area contributed by atoms with Gasteiger partial charge in [0.25, 0.3) is 0 Å². The molecule has 1 saturated heterocycles.